The third kappa shape index (κ3) is 5.30. The molecule has 1 aromatic heterocycles. The fourth-order valence-electron chi connectivity index (χ4n) is 3.95. The first-order chi connectivity index (χ1) is 18.2. The Kier molecular flexibility index (Phi) is 7.13. The minimum atomic E-state index is -6.07. The lowest BCUT2D eigenvalue weighted by Crippen LogP contribution is -2.53. The summed E-state index contributed by atoms with van der Waals surface area (Å²) in [5, 5.41) is 18.5. The van der Waals surface area contributed by atoms with E-state index in [2.05, 4.69) is 4.98 Å². The molecular formula is C26H18F6N2O5. The highest BCUT2D eigenvalue weighted by Crippen LogP contribution is 2.50. The van der Waals surface area contributed by atoms with Gasteiger partial charge >= 0.3 is 18.3 Å². The number of nitrogens with zero attached hydrogens (tertiary/aromatic N) is 2. The number of fused-ring (bicyclic) bond motifs is 1. The third-order valence-corrected chi connectivity index (χ3v) is 5.84. The van der Waals surface area contributed by atoms with Crippen LogP contribution in [-0.4, -0.2) is 44.7 Å². The Bertz CT molecular complexity index is 1550. The number of aromatic nitrogens is 2. The van der Waals surface area contributed by atoms with Crippen LogP contribution in [-0.2, 0) is 16.8 Å². The number of aliphatic hydroxyl groups is 1. The Hall–Kier alpha value is -4.39. The minimum Gasteiger partial charge on any atom is -0.482 e. The van der Waals surface area contributed by atoms with Gasteiger partial charge in [0, 0.05) is 12.0 Å². The SMILES string of the molecule is O=C(O)COc1ccc2nc(Cc3ccccc3)n(-c3ccc(C(O)(C(F)(F)F)C(F)(F)F)cc3)c(=O)c2c1. The molecule has 0 aliphatic rings. The molecule has 0 bridgehead atoms. The number of hydrogen-bond donors (Lipinski definition) is 2. The normalized spacial score (nSPS) is 12.5. The monoisotopic (exact) mass is 552 g/mol. The van der Waals surface area contributed by atoms with E-state index in [1.165, 1.54) is 18.2 Å². The molecule has 0 fully saturated rings. The molecule has 0 saturated heterocycles. The molecule has 7 nitrogen and oxygen atoms in total. The van der Waals surface area contributed by atoms with Crippen molar-refractivity contribution in [1.82, 2.24) is 9.55 Å². The summed E-state index contributed by atoms with van der Waals surface area (Å²) < 4.78 is 86.0. The lowest BCUT2D eigenvalue weighted by molar-refractivity contribution is -0.376. The number of ether oxygens (including phenoxy) is 1. The van der Waals surface area contributed by atoms with Gasteiger partial charge in [-0.05, 0) is 35.9 Å². The van der Waals surface area contributed by atoms with Crippen LogP contribution in [0.25, 0.3) is 16.6 Å². The molecule has 13 heteroatoms. The highest BCUT2D eigenvalue weighted by atomic mass is 19.4. The number of aliphatic carboxylic acids is 1. The summed E-state index contributed by atoms with van der Waals surface area (Å²) in [4.78, 5) is 28.9. The van der Waals surface area contributed by atoms with Crippen LogP contribution in [0.15, 0.2) is 77.6 Å². The van der Waals surface area contributed by atoms with Crippen LogP contribution < -0.4 is 10.3 Å². The molecule has 0 atom stereocenters. The van der Waals surface area contributed by atoms with Crippen molar-refractivity contribution in [3.05, 3.63) is 100 Å². The molecule has 39 heavy (non-hydrogen) atoms. The molecule has 0 radical (unpaired) electrons. The number of halogens is 6. The van der Waals surface area contributed by atoms with E-state index in [1.807, 2.05) is 0 Å². The summed E-state index contributed by atoms with van der Waals surface area (Å²) >= 11 is 0. The van der Waals surface area contributed by atoms with E-state index in [-0.39, 0.29) is 34.6 Å². The zero-order valence-electron chi connectivity index (χ0n) is 19.6. The first-order valence-electron chi connectivity index (χ1n) is 11.1. The fraction of sp³-hybridized carbons (Fsp3) is 0.192. The maximum absolute atomic E-state index is 13.6. The zero-order valence-corrected chi connectivity index (χ0v) is 19.6. The molecule has 0 unspecified atom stereocenters. The first-order valence-corrected chi connectivity index (χ1v) is 11.1. The van der Waals surface area contributed by atoms with Crippen molar-refractivity contribution < 1.29 is 46.1 Å². The second-order valence-electron chi connectivity index (χ2n) is 8.45. The van der Waals surface area contributed by atoms with Crippen LogP contribution >= 0.6 is 0 Å². The quantitative estimate of drug-likeness (QED) is 0.321. The summed E-state index contributed by atoms with van der Waals surface area (Å²) in [7, 11) is 0. The number of carboxylic acid groups (broad SMARTS) is 1. The number of carbonyl (C=O) groups is 1. The topological polar surface area (TPSA) is 102 Å². The zero-order chi connectivity index (χ0) is 28.6. The highest BCUT2D eigenvalue weighted by molar-refractivity contribution is 5.80. The number of alkyl halides is 6. The van der Waals surface area contributed by atoms with Gasteiger partial charge in [-0.15, -0.1) is 0 Å². The molecule has 204 valence electrons. The summed E-state index contributed by atoms with van der Waals surface area (Å²) in [5.74, 6) is -1.11. The smallest absolute Gasteiger partial charge is 0.430 e. The summed E-state index contributed by atoms with van der Waals surface area (Å²) in [5.41, 5.74) is -6.56. The van der Waals surface area contributed by atoms with Gasteiger partial charge in [0.1, 0.15) is 11.6 Å². The predicted octanol–water partition coefficient (Wildman–Crippen LogP) is 4.75. The summed E-state index contributed by atoms with van der Waals surface area (Å²) in [6.45, 7) is -0.692. The van der Waals surface area contributed by atoms with Crippen molar-refractivity contribution in [1.29, 1.82) is 0 Å². The van der Waals surface area contributed by atoms with E-state index >= 15 is 0 Å². The van der Waals surface area contributed by atoms with E-state index in [1.54, 1.807) is 30.3 Å². The Morgan fingerprint density at radius 2 is 1.51 bits per heavy atom. The summed E-state index contributed by atoms with van der Waals surface area (Å²) in [6, 6.07) is 15.3. The predicted molar refractivity (Wildman–Crippen MR) is 126 cm³/mol. The number of carboxylic acids is 1. The highest BCUT2D eigenvalue weighted by Gasteiger charge is 2.71. The van der Waals surface area contributed by atoms with Gasteiger partial charge in [0.25, 0.3) is 11.2 Å². The fourth-order valence-corrected chi connectivity index (χ4v) is 3.95. The van der Waals surface area contributed by atoms with E-state index < -0.39 is 41.7 Å². The minimum absolute atomic E-state index is 0.0296. The maximum atomic E-state index is 13.6. The van der Waals surface area contributed by atoms with Gasteiger partial charge in [0.15, 0.2) is 6.61 Å². The van der Waals surface area contributed by atoms with Crippen molar-refractivity contribution in [2.24, 2.45) is 0 Å². The van der Waals surface area contributed by atoms with Crippen LogP contribution in [0, 0.1) is 0 Å². The van der Waals surface area contributed by atoms with E-state index in [0.29, 0.717) is 17.7 Å². The van der Waals surface area contributed by atoms with Crippen LogP contribution in [0.5, 0.6) is 5.75 Å². The molecule has 0 amide bonds. The number of benzene rings is 3. The largest absolute Gasteiger partial charge is 0.482 e. The number of rotatable bonds is 7. The van der Waals surface area contributed by atoms with Crippen LogP contribution in [0.1, 0.15) is 17.0 Å². The van der Waals surface area contributed by atoms with Crippen molar-refractivity contribution in [2.45, 2.75) is 24.4 Å². The van der Waals surface area contributed by atoms with Gasteiger partial charge in [0.05, 0.1) is 16.6 Å². The number of hydrogen-bond acceptors (Lipinski definition) is 5. The van der Waals surface area contributed by atoms with Crippen molar-refractivity contribution in [2.75, 3.05) is 6.61 Å². The maximum Gasteiger partial charge on any atom is 0.430 e. The third-order valence-electron chi connectivity index (χ3n) is 5.84. The van der Waals surface area contributed by atoms with Crippen molar-refractivity contribution in [3.8, 4) is 11.4 Å². The standard InChI is InChI=1S/C26H18F6N2O5/c27-25(28,29)24(38,26(30,31)32)16-6-8-17(9-7-16)34-21(12-15-4-2-1-3-5-15)33-20-11-10-18(39-14-22(35)36)13-19(20)23(34)37/h1-11,13,38H,12,14H2,(H,35,36). The molecule has 1 heterocycles. The lowest BCUT2D eigenvalue weighted by atomic mass is 9.92. The van der Waals surface area contributed by atoms with Gasteiger partial charge in [0.2, 0.25) is 0 Å². The molecular weight excluding hydrogens is 534 g/mol. The Labute approximate surface area is 215 Å². The van der Waals surface area contributed by atoms with Gasteiger partial charge in [-0.2, -0.15) is 26.3 Å². The second kappa shape index (κ2) is 10.1. The Balaban J connectivity index is 1.89. The molecule has 0 spiro atoms. The molecule has 0 saturated carbocycles. The van der Waals surface area contributed by atoms with Crippen LogP contribution in [0.4, 0.5) is 26.3 Å². The van der Waals surface area contributed by atoms with Gasteiger partial charge in [-0.3, -0.25) is 9.36 Å². The first kappa shape index (κ1) is 27.6. The van der Waals surface area contributed by atoms with Gasteiger partial charge < -0.3 is 14.9 Å². The molecule has 3 aromatic carbocycles. The van der Waals surface area contributed by atoms with Crippen LogP contribution in [0.2, 0.25) is 0 Å². The second-order valence-corrected chi connectivity index (χ2v) is 8.45. The lowest BCUT2D eigenvalue weighted by Gasteiger charge is -2.32. The Morgan fingerprint density at radius 3 is 2.08 bits per heavy atom. The average Bonchev–Trinajstić information content (AvgIpc) is 2.87. The van der Waals surface area contributed by atoms with Crippen molar-refractivity contribution >= 4 is 16.9 Å². The van der Waals surface area contributed by atoms with Gasteiger partial charge in [-0.25, -0.2) is 9.78 Å². The van der Waals surface area contributed by atoms with E-state index in [0.717, 1.165) is 16.7 Å². The van der Waals surface area contributed by atoms with E-state index in [9.17, 15) is 41.0 Å². The molecule has 0 aliphatic carbocycles. The Morgan fingerprint density at radius 1 is 0.897 bits per heavy atom. The van der Waals surface area contributed by atoms with E-state index in [4.69, 9.17) is 9.84 Å². The summed E-state index contributed by atoms with van der Waals surface area (Å²) in [6.07, 6.45) is -12.1. The van der Waals surface area contributed by atoms with Crippen molar-refractivity contribution in [3.63, 3.8) is 0 Å². The molecule has 4 aromatic rings. The molecule has 4 rings (SSSR count). The van der Waals surface area contributed by atoms with Crippen LogP contribution in [0.3, 0.4) is 0 Å². The van der Waals surface area contributed by atoms with Gasteiger partial charge in [-0.1, -0.05) is 42.5 Å². The molecule has 0 aliphatic heterocycles. The average molecular weight is 552 g/mol. The molecule has 2 N–H and O–H groups in total.